The molecule has 0 spiro atoms. The van der Waals surface area contributed by atoms with Gasteiger partial charge in [-0.15, -0.1) is 12.4 Å². The number of nitrogens with zero attached hydrogens (tertiary/aromatic N) is 2. The predicted octanol–water partition coefficient (Wildman–Crippen LogP) is 5.40. The van der Waals surface area contributed by atoms with Crippen molar-refractivity contribution in [2.75, 3.05) is 27.2 Å². The molecule has 0 bridgehead atoms. The molecule has 0 radical (unpaired) electrons. The van der Waals surface area contributed by atoms with Crippen molar-refractivity contribution in [3.05, 3.63) is 39.9 Å². The van der Waals surface area contributed by atoms with E-state index in [1.54, 1.807) is 18.2 Å². The average molecular weight is 420 g/mol. The fraction of sp³-hybridized carbons (Fsp3) is 0.550. The molecule has 1 saturated carbocycles. The normalized spacial score (nSPS) is 20.2. The number of amides is 1. The molecule has 1 aliphatic carbocycles. The van der Waals surface area contributed by atoms with Crippen molar-refractivity contribution in [2.24, 2.45) is 5.92 Å². The SMILES string of the molecule is CC1CCC(N(CCN(C)C)C(=O)/C=C/c2ccc(Cl)c(Cl)c2)CC1.Cl. The summed E-state index contributed by atoms with van der Waals surface area (Å²) in [6.07, 6.45) is 8.08. The highest BCUT2D eigenvalue weighted by Crippen LogP contribution is 2.27. The number of benzene rings is 1. The van der Waals surface area contributed by atoms with Crippen LogP contribution < -0.4 is 0 Å². The summed E-state index contributed by atoms with van der Waals surface area (Å²) in [5.41, 5.74) is 0.882. The highest BCUT2D eigenvalue weighted by Gasteiger charge is 2.26. The van der Waals surface area contributed by atoms with Crippen molar-refractivity contribution in [3.8, 4) is 0 Å². The second-order valence-corrected chi connectivity index (χ2v) is 8.07. The Morgan fingerprint density at radius 2 is 1.77 bits per heavy atom. The van der Waals surface area contributed by atoms with E-state index in [0.29, 0.717) is 16.1 Å². The van der Waals surface area contributed by atoms with Crippen LogP contribution in [0.4, 0.5) is 0 Å². The molecule has 0 aromatic heterocycles. The summed E-state index contributed by atoms with van der Waals surface area (Å²) in [7, 11) is 4.08. The Morgan fingerprint density at radius 3 is 2.35 bits per heavy atom. The van der Waals surface area contributed by atoms with Crippen molar-refractivity contribution in [3.63, 3.8) is 0 Å². The molecule has 0 heterocycles. The van der Waals surface area contributed by atoms with Crippen molar-refractivity contribution in [1.82, 2.24) is 9.80 Å². The molecule has 1 amide bonds. The van der Waals surface area contributed by atoms with Gasteiger partial charge in [-0.05, 0) is 69.5 Å². The lowest BCUT2D eigenvalue weighted by atomic mass is 9.86. The molecule has 1 aromatic rings. The summed E-state index contributed by atoms with van der Waals surface area (Å²) in [6.45, 7) is 3.93. The highest BCUT2D eigenvalue weighted by atomic mass is 35.5. The van der Waals surface area contributed by atoms with Gasteiger partial charge in [0.25, 0.3) is 0 Å². The van der Waals surface area contributed by atoms with Gasteiger partial charge < -0.3 is 9.80 Å². The van der Waals surface area contributed by atoms with Crippen LogP contribution in [0.15, 0.2) is 24.3 Å². The van der Waals surface area contributed by atoms with Crippen LogP contribution in [-0.4, -0.2) is 48.9 Å². The number of halogens is 3. The van der Waals surface area contributed by atoms with Crippen LogP contribution in [0.5, 0.6) is 0 Å². The standard InChI is InChI=1S/C20H28Cl2N2O.ClH/c1-15-4-8-17(9-5-15)24(13-12-23(2)3)20(25)11-7-16-6-10-18(21)19(22)14-16;/h6-7,10-11,14-15,17H,4-5,8-9,12-13H2,1-3H3;1H/b11-7+;. The first kappa shape index (κ1) is 23.3. The smallest absolute Gasteiger partial charge is 0.246 e. The van der Waals surface area contributed by atoms with Crippen molar-refractivity contribution >= 4 is 47.6 Å². The number of carbonyl (C=O) groups excluding carboxylic acids is 1. The number of likely N-dealkylation sites (N-methyl/N-ethyl adjacent to an activating group) is 1. The maximum Gasteiger partial charge on any atom is 0.246 e. The van der Waals surface area contributed by atoms with Gasteiger partial charge in [-0.1, -0.05) is 36.2 Å². The van der Waals surface area contributed by atoms with Crippen LogP contribution in [0.1, 0.15) is 38.2 Å². The first-order chi connectivity index (χ1) is 11.9. The molecule has 0 atom stereocenters. The van der Waals surface area contributed by atoms with Gasteiger partial charge in [-0.25, -0.2) is 0 Å². The van der Waals surface area contributed by atoms with Gasteiger partial charge in [0.15, 0.2) is 0 Å². The molecule has 3 nitrogen and oxygen atoms in total. The van der Waals surface area contributed by atoms with Crippen LogP contribution in [-0.2, 0) is 4.79 Å². The molecule has 146 valence electrons. The quantitative estimate of drug-likeness (QED) is 0.576. The molecule has 1 aromatic carbocycles. The van der Waals surface area contributed by atoms with E-state index in [2.05, 4.69) is 11.8 Å². The zero-order valence-corrected chi connectivity index (χ0v) is 18.1. The topological polar surface area (TPSA) is 23.6 Å². The number of hydrogen-bond acceptors (Lipinski definition) is 2. The van der Waals surface area contributed by atoms with Crippen molar-refractivity contribution in [2.45, 2.75) is 38.6 Å². The Balaban J connectivity index is 0.00000338. The number of carbonyl (C=O) groups is 1. The molecule has 26 heavy (non-hydrogen) atoms. The maximum atomic E-state index is 12.8. The predicted molar refractivity (Wildman–Crippen MR) is 114 cm³/mol. The Labute approximate surface area is 173 Å². The molecule has 0 aliphatic heterocycles. The summed E-state index contributed by atoms with van der Waals surface area (Å²) in [5, 5.41) is 1.02. The lowest BCUT2D eigenvalue weighted by Gasteiger charge is -2.36. The largest absolute Gasteiger partial charge is 0.335 e. The Hall–Kier alpha value is -0.740. The summed E-state index contributed by atoms with van der Waals surface area (Å²) in [4.78, 5) is 17.0. The van der Waals surface area contributed by atoms with Gasteiger partial charge in [0.2, 0.25) is 5.91 Å². The van der Waals surface area contributed by atoms with Crippen LogP contribution in [0.3, 0.4) is 0 Å². The Bertz CT molecular complexity index is 611. The molecular formula is C20H29Cl3N2O. The summed E-state index contributed by atoms with van der Waals surface area (Å²) in [5.74, 6) is 0.848. The van der Waals surface area contributed by atoms with E-state index in [0.717, 1.165) is 37.4 Å². The third-order valence-electron chi connectivity index (χ3n) is 4.86. The zero-order valence-electron chi connectivity index (χ0n) is 15.8. The van der Waals surface area contributed by atoms with Gasteiger partial charge >= 0.3 is 0 Å². The highest BCUT2D eigenvalue weighted by molar-refractivity contribution is 6.42. The van der Waals surface area contributed by atoms with Crippen LogP contribution in [0.2, 0.25) is 10.0 Å². The van der Waals surface area contributed by atoms with E-state index >= 15 is 0 Å². The van der Waals surface area contributed by atoms with Crippen molar-refractivity contribution in [1.29, 1.82) is 0 Å². The Morgan fingerprint density at radius 1 is 1.12 bits per heavy atom. The lowest BCUT2D eigenvalue weighted by molar-refractivity contribution is -0.129. The van der Waals surface area contributed by atoms with Gasteiger partial charge in [0, 0.05) is 25.2 Å². The second-order valence-electron chi connectivity index (χ2n) is 7.26. The molecule has 6 heteroatoms. The molecule has 0 unspecified atom stereocenters. The van der Waals surface area contributed by atoms with Crippen LogP contribution in [0.25, 0.3) is 6.08 Å². The summed E-state index contributed by atoms with van der Waals surface area (Å²) in [6, 6.07) is 5.74. The first-order valence-corrected chi connectivity index (χ1v) is 9.71. The molecule has 2 rings (SSSR count). The van der Waals surface area contributed by atoms with E-state index in [9.17, 15) is 4.79 Å². The fourth-order valence-corrected chi connectivity index (χ4v) is 3.52. The Kier molecular flexibility index (Phi) is 10.0. The van der Waals surface area contributed by atoms with Crippen LogP contribution >= 0.6 is 35.6 Å². The number of hydrogen-bond donors (Lipinski definition) is 0. The van der Waals surface area contributed by atoms with Crippen LogP contribution in [0, 0.1) is 5.92 Å². The maximum absolute atomic E-state index is 12.8. The molecule has 1 aliphatic rings. The third-order valence-corrected chi connectivity index (χ3v) is 5.60. The summed E-state index contributed by atoms with van der Waals surface area (Å²) >= 11 is 12.0. The van der Waals surface area contributed by atoms with Gasteiger partial charge in [0.05, 0.1) is 10.0 Å². The molecule has 0 saturated heterocycles. The van der Waals surface area contributed by atoms with E-state index in [1.165, 1.54) is 12.8 Å². The monoisotopic (exact) mass is 418 g/mol. The zero-order chi connectivity index (χ0) is 18.4. The average Bonchev–Trinajstić information content (AvgIpc) is 2.57. The number of rotatable bonds is 6. The van der Waals surface area contributed by atoms with E-state index < -0.39 is 0 Å². The van der Waals surface area contributed by atoms with Crippen molar-refractivity contribution < 1.29 is 4.79 Å². The summed E-state index contributed by atoms with van der Waals surface area (Å²) < 4.78 is 0. The van der Waals surface area contributed by atoms with Gasteiger partial charge in [-0.3, -0.25) is 4.79 Å². The van der Waals surface area contributed by atoms with Gasteiger partial charge in [-0.2, -0.15) is 0 Å². The molecule has 0 N–H and O–H groups in total. The minimum Gasteiger partial charge on any atom is -0.335 e. The van der Waals surface area contributed by atoms with E-state index in [1.807, 2.05) is 31.1 Å². The fourth-order valence-electron chi connectivity index (χ4n) is 3.21. The molecular weight excluding hydrogens is 391 g/mol. The molecule has 1 fully saturated rings. The lowest BCUT2D eigenvalue weighted by Crippen LogP contribution is -2.44. The minimum absolute atomic E-state index is 0. The van der Waals surface area contributed by atoms with Gasteiger partial charge in [0.1, 0.15) is 0 Å². The third kappa shape index (κ3) is 7.11. The van der Waals surface area contributed by atoms with E-state index in [-0.39, 0.29) is 18.3 Å². The second kappa shape index (κ2) is 11.2. The van der Waals surface area contributed by atoms with E-state index in [4.69, 9.17) is 23.2 Å². The minimum atomic E-state index is 0. The first-order valence-electron chi connectivity index (χ1n) is 8.95.